The van der Waals surface area contributed by atoms with Crippen LogP contribution in [0.15, 0.2) is 42.5 Å². The van der Waals surface area contributed by atoms with Crippen molar-refractivity contribution in [2.24, 2.45) is 0 Å². The summed E-state index contributed by atoms with van der Waals surface area (Å²) < 4.78 is 0. The molecule has 4 heteroatoms. The van der Waals surface area contributed by atoms with Gasteiger partial charge in [-0.25, -0.2) is 0 Å². The number of carbonyl (C=O) groups is 1. The number of phenolic OH excluding ortho intramolecular Hbond substituents is 2. The van der Waals surface area contributed by atoms with Gasteiger partial charge in [0.25, 0.3) is 5.91 Å². The summed E-state index contributed by atoms with van der Waals surface area (Å²) in [5, 5.41) is 22.8. The topological polar surface area (TPSA) is 69.6 Å². The molecular formula is C17H19NO3. The zero-order chi connectivity index (χ0) is 15.6. The van der Waals surface area contributed by atoms with Crippen LogP contribution < -0.4 is 5.32 Å². The molecule has 0 bridgehead atoms. The number of carbonyl (C=O) groups excluding carboxylic acids is 1. The Balaban J connectivity index is 2.39. The van der Waals surface area contributed by atoms with Gasteiger partial charge in [0.05, 0.1) is 0 Å². The fourth-order valence-electron chi connectivity index (χ4n) is 2.08. The van der Waals surface area contributed by atoms with Crippen LogP contribution in [-0.2, 0) is 5.41 Å². The first-order chi connectivity index (χ1) is 9.80. The summed E-state index contributed by atoms with van der Waals surface area (Å²) in [4.78, 5) is 12.1. The lowest BCUT2D eigenvalue weighted by molar-refractivity contribution is 0.102. The fourth-order valence-corrected chi connectivity index (χ4v) is 2.08. The van der Waals surface area contributed by atoms with Crippen molar-refractivity contribution in [3.05, 3.63) is 53.6 Å². The molecule has 21 heavy (non-hydrogen) atoms. The summed E-state index contributed by atoms with van der Waals surface area (Å²) in [6, 6.07) is 11.8. The molecule has 0 radical (unpaired) electrons. The smallest absolute Gasteiger partial charge is 0.255 e. The first-order valence-electron chi connectivity index (χ1n) is 6.72. The zero-order valence-electron chi connectivity index (χ0n) is 12.3. The molecule has 2 aromatic rings. The van der Waals surface area contributed by atoms with E-state index in [9.17, 15) is 15.0 Å². The van der Waals surface area contributed by atoms with Crippen molar-refractivity contribution in [3.8, 4) is 11.5 Å². The standard InChI is InChI=1S/C17H19NO3/c1-17(2,3)12-9-10-13(19)14(15(12)20)18-16(21)11-7-5-4-6-8-11/h4-10,19-20H,1-3H3,(H,18,21). The number of rotatable bonds is 2. The average molecular weight is 285 g/mol. The lowest BCUT2D eigenvalue weighted by Gasteiger charge is -2.22. The largest absolute Gasteiger partial charge is 0.506 e. The Labute approximate surface area is 124 Å². The molecule has 110 valence electrons. The van der Waals surface area contributed by atoms with E-state index in [1.807, 2.05) is 26.8 Å². The molecule has 2 rings (SSSR count). The molecule has 1 amide bonds. The van der Waals surface area contributed by atoms with Gasteiger partial charge in [0.15, 0.2) is 0 Å². The Morgan fingerprint density at radius 3 is 2.19 bits per heavy atom. The van der Waals surface area contributed by atoms with Crippen molar-refractivity contribution in [3.63, 3.8) is 0 Å². The molecule has 2 aromatic carbocycles. The minimum absolute atomic E-state index is 0.0382. The minimum atomic E-state index is -0.382. The molecule has 4 nitrogen and oxygen atoms in total. The molecule has 0 saturated carbocycles. The molecule has 0 unspecified atom stereocenters. The molecule has 0 aliphatic carbocycles. The van der Waals surface area contributed by atoms with Crippen LogP contribution in [0.25, 0.3) is 0 Å². The molecular weight excluding hydrogens is 266 g/mol. The lowest BCUT2D eigenvalue weighted by Crippen LogP contribution is -2.15. The molecule has 0 aromatic heterocycles. The first kappa shape index (κ1) is 14.9. The van der Waals surface area contributed by atoms with E-state index in [4.69, 9.17) is 0 Å². The predicted molar refractivity (Wildman–Crippen MR) is 82.9 cm³/mol. The van der Waals surface area contributed by atoms with Crippen LogP contribution in [0, 0.1) is 0 Å². The van der Waals surface area contributed by atoms with Crippen molar-refractivity contribution >= 4 is 11.6 Å². The van der Waals surface area contributed by atoms with Crippen LogP contribution in [0.3, 0.4) is 0 Å². The van der Waals surface area contributed by atoms with Crippen molar-refractivity contribution in [2.75, 3.05) is 5.32 Å². The minimum Gasteiger partial charge on any atom is -0.506 e. The van der Waals surface area contributed by atoms with E-state index in [1.54, 1.807) is 30.3 Å². The van der Waals surface area contributed by atoms with Gasteiger partial charge < -0.3 is 15.5 Å². The van der Waals surface area contributed by atoms with Gasteiger partial charge >= 0.3 is 0 Å². The van der Waals surface area contributed by atoms with E-state index in [-0.39, 0.29) is 28.5 Å². The van der Waals surface area contributed by atoms with Gasteiger partial charge in [-0.3, -0.25) is 4.79 Å². The maximum Gasteiger partial charge on any atom is 0.255 e. The van der Waals surface area contributed by atoms with E-state index >= 15 is 0 Å². The van der Waals surface area contributed by atoms with Crippen LogP contribution in [-0.4, -0.2) is 16.1 Å². The second kappa shape index (κ2) is 5.48. The van der Waals surface area contributed by atoms with Crippen molar-refractivity contribution < 1.29 is 15.0 Å². The molecule has 0 aliphatic rings. The van der Waals surface area contributed by atoms with Crippen LogP contribution in [0.1, 0.15) is 36.7 Å². The molecule has 0 aliphatic heterocycles. The number of amides is 1. The van der Waals surface area contributed by atoms with Crippen LogP contribution in [0.2, 0.25) is 0 Å². The van der Waals surface area contributed by atoms with Gasteiger partial charge in [-0.05, 0) is 23.6 Å². The Bertz CT molecular complexity index is 658. The number of benzene rings is 2. The summed E-state index contributed by atoms with van der Waals surface area (Å²) in [7, 11) is 0. The number of anilines is 1. The Kier molecular flexibility index (Phi) is 3.89. The molecule has 0 atom stereocenters. The Morgan fingerprint density at radius 1 is 1.00 bits per heavy atom. The summed E-state index contributed by atoms with van der Waals surface area (Å²) in [6.07, 6.45) is 0. The van der Waals surface area contributed by atoms with Gasteiger partial charge in [0.2, 0.25) is 0 Å². The van der Waals surface area contributed by atoms with E-state index in [0.29, 0.717) is 11.1 Å². The number of nitrogens with one attached hydrogen (secondary N) is 1. The summed E-state index contributed by atoms with van der Waals surface area (Å²) in [5.41, 5.74) is 0.849. The summed E-state index contributed by atoms with van der Waals surface area (Å²) in [5.74, 6) is -0.649. The monoisotopic (exact) mass is 285 g/mol. The SMILES string of the molecule is CC(C)(C)c1ccc(O)c(NC(=O)c2ccccc2)c1O. The van der Waals surface area contributed by atoms with Crippen molar-refractivity contribution in [2.45, 2.75) is 26.2 Å². The predicted octanol–water partition coefficient (Wildman–Crippen LogP) is 3.65. The molecule has 0 spiro atoms. The third kappa shape index (κ3) is 3.16. The highest BCUT2D eigenvalue weighted by Gasteiger charge is 2.23. The molecule has 0 fully saturated rings. The third-order valence-corrected chi connectivity index (χ3v) is 3.24. The highest BCUT2D eigenvalue weighted by atomic mass is 16.3. The van der Waals surface area contributed by atoms with Gasteiger partial charge in [-0.15, -0.1) is 0 Å². The first-order valence-corrected chi connectivity index (χ1v) is 6.72. The van der Waals surface area contributed by atoms with Crippen LogP contribution in [0.5, 0.6) is 11.5 Å². The Morgan fingerprint density at radius 2 is 1.62 bits per heavy atom. The number of phenols is 2. The highest BCUT2D eigenvalue weighted by Crippen LogP contribution is 2.41. The van der Waals surface area contributed by atoms with Gasteiger partial charge in [-0.2, -0.15) is 0 Å². The number of hydrogen-bond acceptors (Lipinski definition) is 3. The van der Waals surface area contributed by atoms with Crippen LogP contribution in [0.4, 0.5) is 5.69 Å². The fraction of sp³-hybridized carbons (Fsp3) is 0.235. The van der Waals surface area contributed by atoms with Gasteiger partial charge in [0.1, 0.15) is 17.2 Å². The molecule has 0 heterocycles. The van der Waals surface area contributed by atoms with E-state index < -0.39 is 0 Å². The maximum absolute atomic E-state index is 12.1. The van der Waals surface area contributed by atoms with Gasteiger partial charge in [0, 0.05) is 11.1 Å². The van der Waals surface area contributed by atoms with Gasteiger partial charge in [-0.1, -0.05) is 45.0 Å². The average Bonchev–Trinajstić information content (AvgIpc) is 2.42. The van der Waals surface area contributed by atoms with Crippen molar-refractivity contribution in [1.29, 1.82) is 0 Å². The lowest BCUT2D eigenvalue weighted by atomic mass is 9.86. The summed E-state index contributed by atoms with van der Waals surface area (Å²) >= 11 is 0. The zero-order valence-corrected chi connectivity index (χ0v) is 12.3. The second-order valence-corrected chi connectivity index (χ2v) is 5.93. The maximum atomic E-state index is 12.1. The summed E-state index contributed by atoms with van der Waals surface area (Å²) in [6.45, 7) is 5.84. The number of hydrogen-bond donors (Lipinski definition) is 3. The molecule has 3 N–H and O–H groups in total. The highest BCUT2D eigenvalue weighted by molar-refractivity contribution is 6.06. The second-order valence-electron chi connectivity index (χ2n) is 5.93. The Hall–Kier alpha value is -2.49. The van der Waals surface area contributed by atoms with Crippen molar-refractivity contribution in [1.82, 2.24) is 0 Å². The third-order valence-electron chi connectivity index (χ3n) is 3.24. The van der Waals surface area contributed by atoms with Crippen LogP contribution >= 0.6 is 0 Å². The van der Waals surface area contributed by atoms with E-state index in [0.717, 1.165) is 0 Å². The molecule has 0 saturated heterocycles. The number of aromatic hydroxyl groups is 2. The normalized spacial score (nSPS) is 11.2. The van der Waals surface area contributed by atoms with E-state index in [2.05, 4.69) is 5.32 Å². The van der Waals surface area contributed by atoms with E-state index in [1.165, 1.54) is 6.07 Å². The quantitative estimate of drug-likeness (QED) is 0.738.